The fourth-order valence-corrected chi connectivity index (χ4v) is 5.47. The molecule has 2 unspecified atom stereocenters. The molecule has 1 fully saturated rings. The van der Waals surface area contributed by atoms with Crippen LogP contribution in [0.4, 0.5) is 23.2 Å². The highest BCUT2D eigenvalue weighted by atomic mass is 32.1. The number of carbonyl (C=O) groups is 1. The lowest BCUT2D eigenvalue weighted by Crippen LogP contribution is -2.29. The Morgan fingerprint density at radius 1 is 1.30 bits per heavy atom. The van der Waals surface area contributed by atoms with E-state index >= 15 is 0 Å². The van der Waals surface area contributed by atoms with Crippen molar-refractivity contribution in [3.05, 3.63) is 41.4 Å². The number of likely N-dealkylation sites (tertiary alicyclic amines) is 1. The molecule has 2 atom stereocenters. The largest absolute Gasteiger partial charge is 0.404 e. The number of amides is 1. The maximum atomic E-state index is 14.5. The number of alkyl halides is 4. The molecule has 4 N–H and O–H groups in total. The Morgan fingerprint density at radius 3 is 2.67 bits per heavy atom. The van der Waals surface area contributed by atoms with Gasteiger partial charge in [0, 0.05) is 25.5 Å². The first kappa shape index (κ1) is 29.5. The number of nitrogens with zero attached hydrogens (tertiary/aromatic N) is 4. The van der Waals surface area contributed by atoms with Gasteiger partial charge in [-0.2, -0.15) is 18.2 Å². The number of aromatic nitrogens is 2. The van der Waals surface area contributed by atoms with Crippen LogP contribution in [-0.4, -0.2) is 71.2 Å². The molecule has 4 rings (SSSR count). The van der Waals surface area contributed by atoms with Crippen molar-refractivity contribution < 1.29 is 26.9 Å². The fraction of sp³-hybridized carbons (Fsp3) is 0.462. The molecule has 0 aliphatic carbocycles. The summed E-state index contributed by atoms with van der Waals surface area (Å²) in [6.45, 7) is 6.15. The number of anilines is 1. The molecule has 1 saturated heterocycles. The van der Waals surface area contributed by atoms with Gasteiger partial charge in [-0.3, -0.25) is 9.79 Å². The van der Waals surface area contributed by atoms with Gasteiger partial charge in [-0.15, -0.1) is 11.3 Å². The highest BCUT2D eigenvalue weighted by molar-refractivity contribution is 7.23. The van der Waals surface area contributed by atoms with E-state index in [0.717, 1.165) is 17.5 Å². The van der Waals surface area contributed by atoms with Gasteiger partial charge in [0.15, 0.2) is 0 Å². The average Bonchev–Trinajstić information content (AvgIpc) is 3.54. The molecule has 3 aromatic rings. The van der Waals surface area contributed by atoms with E-state index in [0.29, 0.717) is 22.3 Å². The lowest BCUT2D eigenvalue weighted by molar-refractivity contribution is -0.126. The van der Waals surface area contributed by atoms with E-state index in [1.54, 1.807) is 18.2 Å². The molecule has 14 heteroatoms. The summed E-state index contributed by atoms with van der Waals surface area (Å²) in [5.41, 5.74) is 5.79. The smallest absolute Gasteiger partial charge is 0.393 e. The quantitative estimate of drug-likeness (QED) is 0.204. The number of benzene rings is 1. The minimum absolute atomic E-state index is 0.000354. The summed E-state index contributed by atoms with van der Waals surface area (Å²) in [5, 5.41) is 10.0. The van der Waals surface area contributed by atoms with Gasteiger partial charge in [-0.05, 0) is 44.8 Å². The number of likely N-dealkylation sites (N-methyl/N-ethyl adjacent to an activating group) is 1. The third kappa shape index (κ3) is 7.16. The second-order valence-corrected chi connectivity index (χ2v) is 11.6. The minimum Gasteiger partial charge on any atom is -0.404 e. The Labute approximate surface area is 232 Å². The zero-order chi connectivity index (χ0) is 29.2. The lowest BCUT2D eigenvalue weighted by atomic mass is 10.1. The number of hydrogen-bond acceptors (Lipinski definition) is 9. The van der Waals surface area contributed by atoms with Crippen molar-refractivity contribution in [1.82, 2.24) is 20.4 Å². The molecule has 0 saturated carbocycles. The predicted octanol–water partition coefficient (Wildman–Crippen LogP) is 4.45. The predicted molar refractivity (Wildman–Crippen MR) is 147 cm³/mol. The van der Waals surface area contributed by atoms with Crippen LogP contribution in [0.15, 0.2) is 39.5 Å². The summed E-state index contributed by atoms with van der Waals surface area (Å²) >= 11 is 1.07. The van der Waals surface area contributed by atoms with E-state index in [1.807, 2.05) is 32.7 Å². The van der Waals surface area contributed by atoms with Crippen LogP contribution in [0.2, 0.25) is 0 Å². The van der Waals surface area contributed by atoms with Crippen molar-refractivity contribution in [3.8, 4) is 10.7 Å². The molecular formula is C26H31F4N7O2S. The highest BCUT2D eigenvalue weighted by Crippen LogP contribution is 2.43. The van der Waals surface area contributed by atoms with Gasteiger partial charge in [0.05, 0.1) is 45.4 Å². The Kier molecular flexibility index (Phi) is 8.49. The van der Waals surface area contributed by atoms with Crippen molar-refractivity contribution in [1.29, 1.82) is 0 Å². The van der Waals surface area contributed by atoms with Gasteiger partial charge in [-0.25, -0.2) is 4.39 Å². The molecule has 1 aromatic carbocycles. The molecule has 1 amide bonds. The third-order valence-electron chi connectivity index (χ3n) is 6.07. The number of rotatable bonds is 8. The zero-order valence-corrected chi connectivity index (χ0v) is 23.3. The van der Waals surface area contributed by atoms with Crippen molar-refractivity contribution in [3.63, 3.8) is 0 Å². The molecule has 1 aliphatic heterocycles. The monoisotopic (exact) mass is 581 g/mol. The summed E-state index contributed by atoms with van der Waals surface area (Å²) in [7, 11) is 1.81. The highest BCUT2D eigenvalue weighted by Gasteiger charge is 2.34. The van der Waals surface area contributed by atoms with Gasteiger partial charge < -0.3 is 25.8 Å². The Hall–Kier alpha value is -3.52. The number of carbonyl (C=O) groups excluding carboxylic acids is 1. The molecule has 1 aliphatic rings. The molecule has 0 bridgehead atoms. The van der Waals surface area contributed by atoms with Crippen molar-refractivity contribution in [2.45, 2.75) is 57.7 Å². The SMILES string of the molecule is CN1CC(F)C(Nc2cccc3c(CC(F)(F)F)c(-c4noc(CNC(=O)/C(C=NC(C)(C)C)=C/N)n4)sc23)C1. The van der Waals surface area contributed by atoms with Crippen LogP contribution in [0.5, 0.6) is 0 Å². The first-order valence-electron chi connectivity index (χ1n) is 12.5. The molecular weight excluding hydrogens is 550 g/mol. The molecule has 40 heavy (non-hydrogen) atoms. The summed E-state index contributed by atoms with van der Waals surface area (Å²) in [6, 6.07) is 4.45. The molecule has 0 radical (unpaired) electrons. The summed E-state index contributed by atoms with van der Waals surface area (Å²) in [5.74, 6) is -0.576. The minimum atomic E-state index is -4.50. The second-order valence-electron chi connectivity index (χ2n) is 10.6. The first-order chi connectivity index (χ1) is 18.7. The van der Waals surface area contributed by atoms with Crippen LogP contribution in [0, 0.1) is 0 Å². The fourth-order valence-electron chi connectivity index (χ4n) is 4.24. The van der Waals surface area contributed by atoms with Gasteiger partial charge in [0.25, 0.3) is 5.91 Å². The zero-order valence-electron chi connectivity index (χ0n) is 22.5. The summed E-state index contributed by atoms with van der Waals surface area (Å²) < 4.78 is 61.1. The topological polar surface area (TPSA) is 122 Å². The maximum Gasteiger partial charge on any atom is 0.393 e. The van der Waals surface area contributed by atoms with Gasteiger partial charge in [0.2, 0.25) is 11.7 Å². The summed E-state index contributed by atoms with van der Waals surface area (Å²) in [6.07, 6.45) is -4.34. The van der Waals surface area contributed by atoms with E-state index in [4.69, 9.17) is 10.3 Å². The number of thiophene rings is 1. The van der Waals surface area contributed by atoms with E-state index < -0.39 is 36.3 Å². The number of halogens is 4. The van der Waals surface area contributed by atoms with Crippen molar-refractivity contribution >= 4 is 39.2 Å². The van der Waals surface area contributed by atoms with Crippen LogP contribution >= 0.6 is 11.3 Å². The normalized spacial score (nSPS) is 19.1. The first-order valence-corrected chi connectivity index (χ1v) is 13.3. The standard InChI is InChI=1S/C26H31F4N7O2S/c1-25(2,3)33-10-14(9-31)24(38)32-11-20-35-23(36-39-20)22-16(8-26(28,29)30)15-6-5-7-18(21(15)40-22)34-19-13-37(4)12-17(19)27/h5-7,9-10,17,19,34H,8,11-13,31H2,1-4H3,(H,32,38)/b14-9+,33-10?. The van der Waals surface area contributed by atoms with E-state index in [2.05, 4.69) is 25.8 Å². The average molecular weight is 582 g/mol. The van der Waals surface area contributed by atoms with Gasteiger partial charge in [0.1, 0.15) is 6.17 Å². The van der Waals surface area contributed by atoms with Crippen LogP contribution in [0.3, 0.4) is 0 Å². The number of nitrogens with two attached hydrogens (primary N) is 1. The van der Waals surface area contributed by atoms with Crippen LogP contribution in [-0.2, 0) is 17.8 Å². The number of hydrogen-bond donors (Lipinski definition) is 3. The van der Waals surface area contributed by atoms with E-state index in [1.165, 1.54) is 6.21 Å². The molecule has 216 valence electrons. The number of fused-ring (bicyclic) bond motifs is 1. The lowest BCUT2D eigenvalue weighted by Gasteiger charge is -2.16. The number of nitrogens with one attached hydrogen (secondary N) is 2. The van der Waals surface area contributed by atoms with E-state index in [9.17, 15) is 22.4 Å². The Balaban J connectivity index is 1.60. The Bertz CT molecular complexity index is 1420. The van der Waals surface area contributed by atoms with Crippen molar-refractivity contribution in [2.24, 2.45) is 10.7 Å². The van der Waals surface area contributed by atoms with Crippen LogP contribution < -0.4 is 16.4 Å². The third-order valence-corrected chi connectivity index (χ3v) is 7.35. The van der Waals surface area contributed by atoms with E-state index in [-0.39, 0.29) is 40.8 Å². The van der Waals surface area contributed by atoms with Crippen LogP contribution in [0.1, 0.15) is 32.2 Å². The van der Waals surface area contributed by atoms with Gasteiger partial charge in [-0.1, -0.05) is 17.3 Å². The van der Waals surface area contributed by atoms with Crippen LogP contribution in [0.25, 0.3) is 20.8 Å². The second kappa shape index (κ2) is 11.5. The summed E-state index contributed by atoms with van der Waals surface area (Å²) in [4.78, 5) is 23.0. The molecule has 0 spiro atoms. The Morgan fingerprint density at radius 2 is 2.05 bits per heavy atom. The number of aliphatic imine (C=N–C) groups is 1. The van der Waals surface area contributed by atoms with Gasteiger partial charge >= 0.3 is 6.18 Å². The van der Waals surface area contributed by atoms with Crippen molar-refractivity contribution in [2.75, 3.05) is 25.5 Å². The maximum absolute atomic E-state index is 14.5. The molecule has 3 heterocycles. The molecule has 9 nitrogen and oxygen atoms in total. The molecule has 2 aromatic heterocycles.